The summed E-state index contributed by atoms with van der Waals surface area (Å²) in [7, 11) is 0. The summed E-state index contributed by atoms with van der Waals surface area (Å²) in [5.41, 5.74) is 1.65. The summed E-state index contributed by atoms with van der Waals surface area (Å²) in [6.07, 6.45) is 2.23. The molecule has 1 aliphatic rings. The van der Waals surface area contributed by atoms with Gasteiger partial charge in [0.25, 0.3) is 5.69 Å². The first kappa shape index (κ1) is 16.8. The Balaban J connectivity index is 1.95. The fraction of sp³-hybridized carbons (Fsp3) is 0.263. The number of thioether (sulfide) groups is 1. The van der Waals surface area contributed by atoms with Crippen molar-refractivity contribution in [3.63, 3.8) is 0 Å². The van der Waals surface area contributed by atoms with E-state index in [0.29, 0.717) is 28.4 Å². The Morgan fingerprint density at radius 2 is 2.04 bits per heavy atom. The number of hydrogen-bond donors (Lipinski definition) is 0. The van der Waals surface area contributed by atoms with Crippen molar-refractivity contribution in [2.75, 3.05) is 5.75 Å². The predicted molar refractivity (Wildman–Crippen MR) is 104 cm³/mol. The van der Waals surface area contributed by atoms with E-state index in [1.807, 2.05) is 42.1 Å². The van der Waals surface area contributed by atoms with Gasteiger partial charge in [-0.2, -0.15) is 16.7 Å². The van der Waals surface area contributed by atoms with Gasteiger partial charge in [0, 0.05) is 34.9 Å². The Morgan fingerprint density at radius 1 is 1.23 bits per heavy atom. The van der Waals surface area contributed by atoms with E-state index in [9.17, 15) is 14.9 Å². The van der Waals surface area contributed by atoms with Crippen molar-refractivity contribution in [2.24, 2.45) is 0 Å². The Morgan fingerprint density at radius 3 is 2.73 bits per heavy atom. The number of fused-ring (bicyclic) bond motifs is 1. The number of aromatic nitrogens is 2. The molecule has 0 spiro atoms. The smallest absolute Gasteiger partial charge is 0.291 e. The van der Waals surface area contributed by atoms with Crippen LogP contribution in [0.3, 0.4) is 0 Å². The molecule has 0 radical (unpaired) electrons. The molecule has 132 valence electrons. The van der Waals surface area contributed by atoms with Gasteiger partial charge >= 0.3 is 5.69 Å². The van der Waals surface area contributed by atoms with Gasteiger partial charge in [0.05, 0.1) is 16.1 Å². The largest absolute Gasteiger partial charge is 0.348 e. The summed E-state index contributed by atoms with van der Waals surface area (Å²) in [4.78, 5) is 27.8. The molecule has 26 heavy (non-hydrogen) atoms. The molecule has 2 aromatic carbocycles. The van der Waals surface area contributed by atoms with E-state index in [4.69, 9.17) is 0 Å². The zero-order valence-corrected chi connectivity index (χ0v) is 14.8. The van der Waals surface area contributed by atoms with Crippen LogP contribution in [0.15, 0.2) is 53.3 Å². The normalized spacial score (nSPS) is 16.8. The number of hydrogen-bond acceptors (Lipinski definition) is 5. The molecule has 0 N–H and O–H groups in total. The third-order valence-electron chi connectivity index (χ3n) is 4.63. The molecule has 1 aliphatic heterocycles. The number of nitro benzene ring substituents is 1. The quantitative estimate of drug-likeness (QED) is 0.517. The Bertz CT molecular complexity index is 1030. The molecule has 1 aromatic heterocycles. The summed E-state index contributed by atoms with van der Waals surface area (Å²) in [6.45, 7) is 0.583. The first-order valence-corrected chi connectivity index (χ1v) is 9.54. The van der Waals surface area contributed by atoms with Crippen molar-refractivity contribution in [3.8, 4) is 11.3 Å². The minimum absolute atomic E-state index is 0.00285. The molecule has 1 saturated heterocycles. The van der Waals surface area contributed by atoms with Gasteiger partial charge in [-0.1, -0.05) is 30.3 Å². The highest BCUT2D eigenvalue weighted by molar-refractivity contribution is 8.00. The van der Waals surface area contributed by atoms with E-state index in [1.54, 1.807) is 10.6 Å². The van der Waals surface area contributed by atoms with E-state index in [1.165, 1.54) is 12.1 Å². The van der Waals surface area contributed by atoms with Crippen LogP contribution in [0.5, 0.6) is 0 Å². The van der Waals surface area contributed by atoms with Crippen LogP contribution < -0.4 is 5.69 Å². The molecule has 0 saturated carbocycles. The van der Waals surface area contributed by atoms with E-state index < -0.39 is 4.92 Å². The van der Waals surface area contributed by atoms with Crippen LogP contribution in [0.25, 0.3) is 22.2 Å². The number of benzene rings is 2. The first-order chi connectivity index (χ1) is 12.6. The molecule has 2 heterocycles. The van der Waals surface area contributed by atoms with Crippen LogP contribution in [0, 0.1) is 10.1 Å². The first-order valence-electron chi connectivity index (χ1n) is 8.49. The van der Waals surface area contributed by atoms with Gasteiger partial charge in [-0.15, -0.1) is 0 Å². The van der Waals surface area contributed by atoms with Gasteiger partial charge in [0.1, 0.15) is 0 Å². The predicted octanol–water partition coefficient (Wildman–Crippen LogP) is 3.87. The summed E-state index contributed by atoms with van der Waals surface area (Å²) >= 11 is 1.87. The third kappa shape index (κ3) is 3.10. The Hall–Kier alpha value is -2.67. The maximum Gasteiger partial charge on any atom is 0.348 e. The van der Waals surface area contributed by atoms with Gasteiger partial charge in [0.2, 0.25) is 0 Å². The molecule has 6 nitrogen and oxygen atoms in total. The Labute approximate surface area is 154 Å². The van der Waals surface area contributed by atoms with E-state index in [-0.39, 0.29) is 11.4 Å². The molecule has 7 heteroatoms. The molecule has 3 aromatic rings. The van der Waals surface area contributed by atoms with Gasteiger partial charge in [-0.05, 0) is 24.7 Å². The van der Waals surface area contributed by atoms with Gasteiger partial charge in [-0.25, -0.2) is 4.79 Å². The van der Waals surface area contributed by atoms with Crippen LogP contribution in [-0.4, -0.2) is 25.5 Å². The summed E-state index contributed by atoms with van der Waals surface area (Å²) in [5, 5.41) is 12.3. The number of non-ortho nitro benzene ring substituents is 1. The molecule has 1 unspecified atom stereocenters. The lowest BCUT2D eigenvalue weighted by Gasteiger charge is -2.15. The lowest BCUT2D eigenvalue weighted by atomic mass is 10.1. The number of nitro groups is 1. The van der Waals surface area contributed by atoms with Crippen LogP contribution >= 0.6 is 11.8 Å². The molecular formula is C19H17N3O3S. The van der Waals surface area contributed by atoms with Crippen molar-refractivity contribution < 1.29 is 4.92 Å². The third-order valence-corrected chi connectivity index (χ3v) is 6.01. The molecular weight excluding hydrogens is 350 g/mol. The summed E-state index contributed by atoms with van der Waals surface area (Å²) in [5.74, 6) is 1.11. The minimum Gasteiger partial charge on any atom is -0.291 e. The van der Waals surface area contributed by atoms with Crippen molar-refractivity contribution in [1.29, 1.82) is 0 Å². The van der Waals surface area contributed by atoms with Gasteiger partial charge in [-0.3, -0.25) is 14.7 Å². The van der Waals surface area contributed by atoms with Crippen molar-refractivity contribution in [1.82, 2.24) is 9.55 Å². The van der Waals surface area contributed by atoms with Crippen molar-refractivity contribution in [2.45, 2.75) is 24.6 Å². The summed E-state index contributed by atoms with van der Waals surface area (Å²) < 4.78 is 1.66. The van der Waals surface area contributed by atoms with Crippen LogP contribution in [0.4, 0.5) is 5.69 Å². The highest BCUT2D eigenvalue weighted by atomic mass is 32.2. The second-order valence-electron chi connectivity index (χ2n) is 6.31. The topological polar surface area (TPSA) is 78.0 Å². The van der Waals surface area contributed by atoms with Crippen molar-refractivity contribution in [3.05, 3.63) is 69.1 Å². The second-order valence-corrected chi connectivity index (χ2v) is 7.72. The minimum atomic E-state index is -0.420. The molecule has 0 aliphatic carbocycles. The summed E-state index contributed by atoms with van der Waals surface area (Å²) in [6, 6.07) is 14.0. The standard InChI is InChI=1S/C19H17N3O3S/c23-19-20-18(13-5-2-1-3-6-13)16-11-14(22(24)25)8-9-17(16)21(19)12-15-7-4-10-26-15/h1-3,5-6,8-9,11,15H,4,7,10,12H2. The fourth-order valence-electron chi connectivity index (χ4n) is 3.37. The van der Waals surface area contributed by atoms with E-state index in [0.717, 1.165) is 24.2 Å². The zero-order valence-electron chi connectivity index (χ0n) is 14.0. The van der Waals surface area contributed by atoms with Crippen molar-refractivity contribution >= 4 is 28.4 Å². The van der Waals surface area contributed by atoms with Crippen LogP contribution in [0.1, 0.15) is 12.8 Å². The average molecular weight is 367 g/mol. The monoisotopic (exact) mass is 367 g/mol. The SMILES string of the molecule is O=c1nc(-c2ccccc2)c2cc([N+](=O)[O-])ccc2n1CC1CCCS1. The molecule has 4 rings (SSSR count). The van der Waals surface area contributed by atoms with E-state index in [2.05, 4.69) is 4.98 Å². The van der Waals surface area contributed by atoms with Crippen LogP contribution in [0.2, 0.25) is 0 Å². The Kier molecular flexibility index (Phi) is 4.46. The lowest BCUT2D eigenvalue weighted by Crippen LogP contribution is -2.27. The molecule has 0 bridgehead atoms. The second kappa shape index (κ2) is 6.92. The maximum atomic E-state index is 12.7. The van der Waals surface area contributed by atoms with Crippen LogP contribution in [-0.2, 0) is 6.54 Å². The van der Waals surface area contributed by atoms with E-state index >= 15 is 0 Å². The molecule has 1 fully saturated rings. The van der Waals surface area contributed by atoms with Gasteiger partial charge < -0.3 is 0 Å². The lowest BCUT2D eigenvalue weighted by molar-refractivity contribution is -0.384. The molecule has 0 amide bonds. The number of nitrogens with zero attached hydrogens (tertiary/aromatic N) is 3. The number of rotatable bonds is 4. The highest BCUT2D eigenvalue weighted by Gasteiger charge is 2.20. The molecule has 1 atom stereocenters. The zero-order chi connectivity index (χ0) is 18.1. The highest BCUT2D eigenvalue weighted by Crippen LogP contribution is 2.31. The van der Waals surface area contributed by atoms with Gasteiger partial charge in [0.15, 0.2) is 0 Å². The fourth-order valence-corrected chi connectivity index (χ4v) is 4.62. The average Bonchev–Trinajstić information content (AvgIpc) is 3.17. The maximum absolute atomic E-state index is 12.7.